The number of hydrogen-bond donors (Lipinski definition) is 2. The minimum absolute atomic E-state index is 0.189. The van der Waals surface area contributed by atoms with Crippen molar-refractivity contribution in [3.05, 3.63) is 17.6 Å². The molecule has 0 saturated carbocycles. The first kappa shape index (κ1) is 17.2. The second-order valence-corrected chi connectivity index (χ2v) is 6.28. The molecule has 6 nitrogen and oxygen atoms in total. The Morgan fingerprint density at radius 1 is 1.40 bits per heavy atom. The van der Waals surface area contributed by atoms with Gasteiger partial charge in [-0.05, 0) is 27.3 Å². The third-order valence-electron chi connectivity index (χ3n) is 2.69. The van der Waals surface area contributed by atoms with Crippen molar-refractivity contribution in [2.45, 2.75) is 45.2 Å². The molecule has 0 aliphatic rings. The minimum Gasteiger partial charge on any atom is -0.464 e. The third kappa shape index (κ3) is 4.90. The molecule has 1 heterocycles. The van der Waals surface area contributed by atoms with Gasteiger partial charge >= 0.3 is 0 Å². The molecule has 7 heteroatoms. The zero-order valence-corrected chi connectivity index (χ0v) is 13.3. The van der Waals surface area contributed by atoms with Crippen LogP contribution >= 0.6 is 0 Å². The normalized spacial score (nSPS) is 13.6. The fourth-order valence-electron chi connectivity index (χ4n) is 1.78. The number of nitrogens with one attached hydrogen (secondary N) is 2. The topological polar surface area (TPSA) is 80.6 Å². The lowest BCUT2D eigenvalue weighted by Crippen LogP contribution is -2.36. The van der Waals surface area contributed by atoms with Crippen LogP contribution in [-0.4, -0.2) is 34.2 Å². The second kappa shape index (κ2) is 7.78. The van der Waals surface area contributed by atoms with Crippen molar-refractivity contribution in [1.82, 2.24) is 10.0 Å². The van der Waals surface area contributed by atoms with Crippen LogP contribution in [0.2, 0.25) is 0 Å². The highest BCUT2D eigenvalue weighted by atomic mass is 32.2. The number of rotatable bonds is 9. The average molecular weight is 304 g/mol. The summed E-state index contributed by atoms with van der Waals surface area (Å²) in [6, 6.07) is 1.28. The van der Waals surface area contributed by atoms with Crippen molar-refractivity contribution >= 4 is 10.0 Å². The van der Waals surface area contributed by atoms with Crippen LogP contribution in [0.5, 0.6) is 0 Å². The van der Waals surface area contributed by atoms with E-state index < -0.39 is 10.0 Å². The lowest BCUT2D eigenvalue weighted by atomic mass is 10.4. The first-order valence-corrected chi connectivity index (χ1v) is 8.29. The highest BCUT2D eigenvalue weighted by Crippen LogP contribution is 2.20. The number of hydrogen-bond acceptors (Lipinski definition) is 5. The summed E-state index contributed by atoms with van der Waals surface area (Å²) in [7, 11) is -3.58. The summed E-state index contributed by atoms with van der Waals surface area (Å²) in [5.74, 6) is 1.01. The van der Waals surface area contributed by atoms with Crippen molar-refractivity contribution in [2.24, 2.45) is 0 Å². The smallest absolute Gasteiger partial charge is 0.244 e. The van der Waals surface area contributed by atoms with Gasteiger partial charge in [0.05, 0.1) is 13.2 Å². The maximum Gasteiger partial charge on any atom is 0.244 e. The summed E-state index contributed by atoms with van der Waals surface area (Å²) in [5, 5.41) is 3.10. The first-order chi connectivity index (χ1) is 9.40. The Kier molecular flexibility index (Phi) is 6.67. The van der Waals surface area contributed by atoms with Crippen LogP contribution in [0, 0.1) is 6.92 Å². The minimum atomic E-state index is -3.58. The summed E-state index contributed by atoms with van der Waals surface area (Å²) in [4.78, 5) is 0.189. The number of ether oxygens (including phenoxy) is 1. The molecule has 1 aromatic heterocycles. The Morgan fingerprint density at radius 3 is 2.70 bits per heavy atom. The molecule has 0 aliphatic heterocycles. The predicted octanol–water partition coefficient (Wildman–Crippen LogP) is 1.40. The molecule has 0 radical (unpaired) electrons. The van der Waals surface area contributed by atoms with Gasteiger partial charge in [-0.15, -0.1) is 0 Å². The van der Waals surface area contributed by atoms with Gasteiger partial charge in [0.2, 0.25) is 10.0 Å². The molecular weight excluding hydrogens is 280 g/mol. The zero-order chi connectivity index (χ0) is 15.2. The lowest BCUT2D eigenvalue weighted by molar-refractivity contribution is 0.133. The molecule has 2 N–H and O–H groups in total. The highest BCUT2D eigenvalue weighted by Gasteiger charge is 2.23. The molecule has 0 spiro atoms. The maximum absolute atomic E-state index is 12.3. The molecule has 0 aliphatic carbocycles. The molecule has 1 rings (SSSR count). The van der Waals surface area contributed by atoms with Gasteiger partial charge in [-0.1, -0.05) is 6.92 Å². The fraction of sp³-hybridized carbons (Fsp3) is 0.692. The summed E-state index contributed by atoms with van der Waals surface area (Å²) in [6.07, 6.45) is 0. The summed E-state index contributed by atoms with van der Waals surface area (Å²) in [5.41, 5.74) is 0. The van der Waals surface area contributed by atoms with E-state index in [1.807, 2.05) is 13.8 Å². The molecule has 0 saturated heterocycles. The van der Waals surface area contributed by atoms with E-state index >= 15 is 0 Å². The molecule has 0 aromatic carbocycles. The van der Waals surface area contributed by atoms with Crippen LogP contribution in [0.3, 0.4) is 0 Å². The Bertz CT molecular complexity index is 510. The molecule has 1 unspecified atom stereocenters. The van der Waals surface area contributed by atoms with Crippen molar-refractivity contribution in [3.63, 3.8) is 0 Å². The van der Waals surface area contributed by atoms with Gasteiger partial charge in [0.1, 0.15) is 16.4 Å². The quantitative estimate of drug-likeness (QED) is 0.721. The van der Waals surface area contributed by atoms with Crippen molar-refractivity contribution in [2.75, 3.05) is 19.8 Å². The maximum atomic E-state index is 12.3. The van der Waals surface area contributed by atoms with E-state index in [-0.39, 0.29) is 10.9 Å². The molecule has 0 bridgehead atoms. The standard InChI is InChI=1S/C13H24N2O4S/c1-5-14-8-12-7-13(11(4)19-12)20(16,17)15-10(3)9-18-6-2/h7,10,14-15H,5-6,8-9H2,1-4H3. The van der Waals surface area contributed by atoms with Crippen molar-refractivity contribution in [1.29, 1.82) is 0 Å². The molecule has 20 heavy (non-hydrogen) atoms. The van der Waals surface area contributed by atoms with Gasteiger partial charge in [0, 0.05) is 18.7 Å². The highest BCUT2D eigenvalue weighted by molar-refractivity contribution is 7.89. The van der Waals surface area contributed by atoms with Crippen LogP contribution in [0.25, 0.3) is 0 Å². The van der Waals surface area contributed by atoms with Crippen LogP contribution in [-0.2, 0) is 21.3 Å². The van der Waals surface area contributed by atoms with Crippen LogP contribution < -0.4 is 10.0 Å². The molecule has 0 fully saturated rings. The Labute approximate surface area is 120 Å². The Morgan fingerprint density at radius 2 is 2.10 bits per heavy atom. The van der Waals surface area contributed by atoms with Gasteiger partial charge < -0.3 is 14.5 Å². The summed E-state index contributed by atoms with van der Waals surface area (Å²) >= 11 is 0. The van der Waals surface area contributed by atoms with Gasteiger partial charge in [0.25, 0.3) is 0 Å². The van der Waals surface area contributed by atoms with E-state index in [4.69, 9.17) is 9.15 Å². The number of aryl methyl sites for hydroxylation is 1. The largest absolute Gasteiger partial charge is 0.464 e. The van der Waals surface area contributed by atoms with Crippen LogP contribution in [0.15, 0.2) is 15.4 Å². The molecule has 1 atom stereocenters. The van der Waals surface area contributed by atoms with Gasteiger partial charge in [-0.2, -0.15) is 0 Å². The molecule has 0 amide bonds. The Hall–Kier alpha value is -0.890. The summed E-state index contributed by atoms with van der Waals surface area (Å²) < 4.78 is 37.8. The lowest BCUT2D eigenvalue weighted by Gasteiger charge is -2.13. The molecule has 1 aromatic rings. The number of furan rings is 1. The van der Waals surface area contributed by atoms with E-state index in [0.29, 0.717) is 31.3 Å². The number of sulfonamides is 1. The van der Waals surface area contributed by atoms with E-state index in [2.05, 4.69) is 10.0 Å². The van der Waals surface area contributed by atoms with Gasteiger partial charge in [-0.3, -0.25) is 0 Å². The first-order valence-electron chi connectivity index (χ1n) is 6.80. The third-order valence-corrected chi connectivity index (χ3v) is 4.39. The fourth-order valence-corrected chi connectivity index (χ4v) is 3.21. The predicted molar refractivity (Wildman–Crippen MR) is 77.1 cm³/mol. The monoisotopic (exact) mass is 304 g/mol. The van der Waals surface area contributed by atoms with E-state index in [1.54, 1.807) is 19.9 Å². The van der Waals surface area contributed by atoms with Crippen molar-refractivity contribution < 1.29 is 17.6 Å². The summed E-state index contributed by atoms with van der Waals surface area (Å²) in [6.45, 7) is 9.48. The zero-order valence-electron chi connectivity index (χ0n) is 12.5. The van der Waals surface area contributed by atoms with Crippen LogP contribution in [0.4, 0.5) is 0 Å². The van der Waals surface area contributed by atoms with E-state index in [0.717, 1.165) is 6.54 Å². The average Bonchev–Trinajstić information content (AvgIpc) is 2.75. The molecular formula is C13H24N2O4S. The van der Waals surface area contributed by atoms with Crippen LogP contribution in [0.1, 0.15) is 32.3 Å². The SMILES string of the molecule is CCNCc1cc(S(=O)(=O)NC(C)COCC)c(C)o1. The molecule has 116 valence electrons. The van der Waals surface area contributed by atoms with E-state index in [1.165, 1.54) is 0 Å². The van der Waals surface area contributed by atoms with E-state index in [9.17, 15) is 8.42 Å². The second-order valence-electron chi connectivity index (χ2n) is 4.60. The van der Waals surface area contributed by atoms with Gasteiger partial charge in [0.15, 0.2) is 0 Å². The van der Waals surface area contributed by atoms with Crippen molar-refractivity contribution in [3.8, 4) is 0 Å². The van der Waals surface area contributed by atoms with Gasteiger partial charge in [-0.25, -0.2) is 13.1 Å². The Balaban J connectivity index is 2.78.